The zero-order valence-electron chi connectivity index (χ0n) is 9.37. The maximum atomic E-state index is 3.53. The highest BCUT2D eigenvalue weighted by molar-refractivity contribution is 5.01. The molecule has 0 bridgehead atoms. The topological polar surface area (TPSA) is 15.3 Å². The monoisotopic (exact) mass is 194 g/mol. The van der Waals surface area contributed by atoms with E-state index in [9.17, 15) is 0 Å². The second kappa shape index (κ2) is 3.21. The molecular weight excluding hydrogens is 172 g/mol. The van der Waals surface area contributed by atoms with Crippen molar-refractivity contribution in [2.75, 3.05) is 19.6 Å². The van der Waals surface area contributed by atoms with Crippen LogP contribution in [0.1, 0.15) is 26.7 Å². The largest absolute Gasteiger partial charge is 0.316 e. The molecule has 2 aliphatic heterocycles. The number of nitrogens with zero attached hydrogens (tertiary/aromatic N) is 1. The summed E-state index contributed by atoms with van der Waals surface area (Å²) in [5.41, 5.74) is 0. The van der Waals surface area contributed by atoms with Gasteiger partial charge in [0, 0.05) is 18.6 Å². The first kappa shape index (κ1) is 9.17. The molecule has 0 aromatic heterocycles. The van der Waals surface area contributed by atoms with Crippen molar-refractivity contribution >= 4 is 0 Å². The minimum Gasteiger partial charge on any atom is -0.316 e. The lowest BCUT2D eigenvalue weighted by atomic mass is 9.79. The maximum Gasteiger partial charge on any atom is 0.0124 e. The Bertz CT molecular complexity index is 228. The summed E-state index contributed by atoms with van der Waals surface area (Å²) < 4.78 is 0. The second-order valence-corrected chi connectivity index (χ2v) is 5.64. The van der Waals surface area contributed by atoms with E-state index in [4.69, 9.17) is 0 Å². The van der Waals surface area contributed by atoms with E-state index < -0.39 is 0 Å². The standard InChI is InChI=1S/C12H22N2/c1-8-3-4-12(8)14-7-10-5-13-6-11(10)9(14)2/h8-13H,3-7H2,1-2H3. The van der Waals surface area contributed by atoms with Crippen LogP contribution >= 0.6 is 0 Å². The van der Waals surface area contributed by atoms with Crippen molar-refractivity contribution in [2.45, 2.75) is 38.8 Å². The van der Waals surface area contributed by atoms with E-state index >= 15 is 0 Å². The third kappa shape index (κ3) is 1.17. The summed E-state index contributed by atoms with van der Waals surface area (Å²) in [6, 6.07) is 1.76. The van der Waals surface area contributed by atoms with Gasteiger partial charge in [-0.1, -0.05) is 6.92 Å². The van der Waals surface area contributed by atoms with Gasteiger partial charge in [0.1, 0.15) is 0 Å². The van der Waals surface area contributed by atoms with E-state index in [1.54, 1.807) is 0 Å². The van der Waals surface area contributed by atoms with Gasteiger partial charge < -0.3 is 5.32 Å². The molecule has 3 fully saturated rings. The molecule has 3 aliphatic rings. The summed E-state index contributed by atoms with van der Waals surface area (Å²) in [6.45, 7) is 8.78. The molecule has 0 radical (unpaired) electrons. The molecule has 14 heavy (non-hydrogen) atoms. The molecule has 1 aliphatic carbocycles. The third-order valence-corrected chi connectivity index (χ3v) is 4.98. The molecule has 5 unspecified atom stereocenters. The van der Waals surface area contributed by atoms with Crippen LogP contribution in [0.5, 0.6) is 0 Å². The molecule has 2 heteroatoms. The number of hydrogen-bond acceptors (Lipinski definition) is 2. The van der Waals surface area contributed by atoms with Crippen molar-refractivity contribution in [3.8, 4) is 0 Å². The highest BCUT2D eigenvalue weighted by Crippen LogP contribution is 2.40. The molecule has 0 aromatic rings. The van der Waals surface area contributed by atoms with Crippen LogP contribution in [0.15, 0.2) is 0 Å². The minimum atomic E-state index is 0.836. The Hall–Kier alpha value is -0.0800. The molecule has 2 saturated heterocycles. The highest BCUT2D eigenvalue weighted by atomic mass is 15.2. The van der Waals surface area contributed by atoms with Crippen LogP contribution in [0.2, 0.25) is 0 Å². The molecule has 0 amide bonds. The van der Waals surface area contributed by atoms with Gasteiger partial charge in [-0.25, -0.2) is 0 Å². The van der Waals surface area contributed by atoms with Gasteiger partial charge in [0.2, 0.25) is 0 Å². The maximum absolute atomic E-state index is 3.53. The SMILES string of the molecule is CC1CCC1N1CC2CNCC2C1C. The number of likely N-dealkylation sites (tertiary alicyclic amines) is 1. The zero-order chi connectivity index (χ0) is 9.71. The Balaban J connectivity index is 1.71. The number of rotatable bonds is 1. The average Bonchev–Trinajstić information content (AvgIpc) is 2.70. The van der Waals surface area contributed by atoms with Crippen molar-refractivity contribution in [1.82, 2.24) is 10.2 Å². The van der Waals surface area contributed by atoms with Crippen LogP contribution in [-0.4, -0.2) is 36.6 Å². The van der Waals surface area contributed by atoms with Crippen molar-refractivity contribution in [2.24, 2.45) is 17.8 Å². The van der Waals surface area contributed by atoms with Crippen molar-refractivity contribution in [1.29, 1.82) is 0 Å². The van der Waals surface area contributed by atoms with E-state index in [0.29, 0.717) is 0 Å². The van der Waals surface area contributed by atoms with Gasteiger partial charge in [-0.15, -0.1) is 0 Å². The molecule has 3 rings (SSSR count). The summed E-state index contributed by atoms with van der Waals surface area (Å²) in [5, 5.41) is 3.53. The van der Waals surface area contributed by atoms with Crippen LogP contribution in [0.4, 0.5) is 0 Å². The second-order valence-electron chi connectivity index (χ2n) is 5.64. The summed E-state index contributed by atoms with van der Waals surface area (Å²) >= 11 is 0. The predicted molar refractivity (Wildman–Crippen MR) is 58.2 cm³/mol. The van der Waals surface area contributed by atoms with Crippen LogP contribution in [0.3, 0.4) is 0 Å². The third-order valence-electron chi connectivity index (χ3n) is 4.98. The number of nitrogens with one attached hydrogen (secondary N) is 1. The molecule has 1 N–H and O–H groups in total. The van der Waals surface area contributed by atoms with Crippen molar-refractivity contribution < 1.29 is 0 Å². The summed E-state index contributed by atoms with van der Waals surface area (Å²) in [5.74, 6) is 2.87. The van der Waals surface area contributed by atoms with Gasteiger partial charge >= 0.3 is 0 Å². The predicted octanol–water partition coefficient (Wildman–Crippen LogP) is 1.32. The first-order valence-electron chi connectivity index (χ1n) is 6.24. The molecule has 1 saturated carbocycles. The number of fused-ring (bicyclic) bond motifs is 1. The van der Waals surface area contributed by atoms with Crippen LogP contribution in [0.25, 0.3) is 0 Å². The van der Waals surface area contributed by atoms with Gasteiger partial charge in [-0.3, -0.25) is 4.90 Å². The fraction of sp³-hybridized carbons (Fsp3) is 1.00. The van der Waals surface area contributed by atoms with E-state index in [2.05, 4.69) is 24.1 Å². The molecule has 2 nitrogen and oxygen atoms in total. The molecule has 2 heterocycles. The average molecular weight is 194 g/mol. The molecule has 0 aromatic carbocycles. The van der Waals surface area contributed by atoms with Gasteiger partial charge in [-0.05, 0) is 50.6 Å². The Morgan fingerprint density at radius 3 is 2.57 bits per heavy atom. The summed E-state index contributed by atoms with van der Waals surface area (Å²) in [4.78, 5) is 2.81. The molecule has 80 valence electrons. The lowest BCUT2D eigenvalue weighted by molar-refractivity contribution is 0.0576. The van der Waals surface area contributed by atoms with Gasteiger partial charge in [0.05, 0.1) is 0 Å². The smallest absolute Gasteiger partial charge is 0.0124 e. The van der Waals surface area contributed by atoms with Crippen molar-refractivity contribution in [3.05, 3.63) is 0 Å². The first-order valence-corrected chi connectivity index (χ1v) is 6.24. The quantitative estimate of drug-likeness (QED) is 0.677. The summed E-state index contributed by atoms with van der Waals surface area (Å²) in [6.07, 6.45) is 2.92. The number of hydrogen-bond donors (Lipinski definition) is 1. The van der Waals surface area contributed by atoms with E-state index in [0.717, 1.165) is 29.8 Å². The lowest BCUT2D eigenvalue weighted by Crippen LogP contribution is -2.49. The van der Waals surface area contributed by atoms with Crippen LogP contribution < -0.4 is 5.32 Å². The van der Waals surface area contributed by atoms with Gasteiger partial charge in [-0.2, -0.15) is 0 Å². The van der Waals surface area contributed by atoms with Gasteiger partial charge in [0.15, 0.2) is 0 Å². The fourth-order valence-electron chi connectivity index (χ4n) is 3.78. The minimum absolute atomic E-state index is 0.836. The van der Waals surface area contributed by atoms with E-state index in [-0.39, 0.29) is 0 Å². The zero-order valence-corrected chi connectivity index (χ0v) is 9.37. The van der Waals surface area contributed by atoms with Crippen molar-refractivity contribution in [3.63, 3.8) is 0 Å². The van der Waals surface area contributed by atoms with Crippen LogP contribution in [-0.2, 0) is 0 Å². The molecule has 0 spiro atoms. The first-order chi connectivity index (χ1) is 6.77. The lowest BCUT2D eigenvalue weighted by Gasteiger charge is -2.43. The van der Waals surface area contributed by atoms with Gasteiger partial charge in [0.25, 0.3) is 0 Å². The van der Waals surface area contributed by atoms with E-state index in [1.165, 1.54) is 32.5 Å². The summed E-state index contributed by atoms with van der Waals surface area (Å²) in [7, 11) is 0. The highest BCUT2D eigenvalue weighted by Gasteiger charge is 2.46. The Kier molecular flexibility index (Phi) is 2.10. The fourth-order valence-corrected chi connectivity index (χ4v) is 3.78. The molecular formula is C12H22N2. The Morgan fingerprint density at radius 1 is 1.14 bits per heavy atom. The normalized spacial score (nSPS) is 53.1. The Morgan fingerprint density at radius 2 is 2.00 bits per heavy atom. The molecule has 5 atom stereocenters. The van der Waals surface area contributed by atoms with E-state index in [1.807, 2.05) is 0 Å². The van der Waals surface area contributed by atoms with Crippen LogP contribution in [0, 0.1) is 17.8 Å². The Labute approximate surface area is 87.0 Å².